The van der Waals surface area contributed by atoms with E-state index in [4.69, 9.17) is 9.84 Å². The lowest BCUT2D eigenvalue weighted by Crippen LogP contribution is -2.40. The van der Waals surface area contributed by atoms with E-state index in [0.29, 0.717) is 18.0 Å². The number of carboxylic acids is 1. The molecular formula is C26H34N4O5. The van der Waals surface area contributed by atoms with Gasteiger partial charge < -0.3 is 30.7 Å². The number of urea groups is 1. The Morgan fingerprint density at radius 3 is 2.40 bits per heavy atom. The van der Waals surface area contributed by atoms with Gasteiger partial charge in [0.25, 0.3) is 0 Å². The Balaban J connectivity index is 1.71. The number of nitrogens with zero attached hydrogens (tertiary/aromatic N) is 1. The van der Waals surface area contributed by atoms with Gasteiger partial charge in [-0.25, -0.2) is 4.79 Å². The molecule has 3 rings (SSSR count). The minimum Gasteiger partial charge on any atom is -0.495 e. The number of anilines is 2. The van der Waals surface area contributed by atoms with Crippen molar-refractivity contribution >= 4 is 29.3 Å². The third-order valence-corrected chi connectivity index (χ3v) is 6.33. The summed E-state index contributed by atoms with van der Waals surface area (Å²) in [5.74, 6) is -0.219. The molecule has 1 aliphatic rings. The second-order valence-electron chi connectivity index (χ2n) is 8.85. The van der Waals surface area contributed by atoms with Gasteiger partial charge in [-0.1, -0.05) is 24.3 Å². The largest absolute Gasteiger partial charge is 0.495 e. The van der Waals surface area contributed by atoms with Gasteiger partial charge in [0.1, 0.15) is 5.75 Å². The number of nitrogens with one attached hydrogen (secondary N) is 3. The number of hydrogen-bond acceptors (Lipinski definition) is 5. The highest BCUT2D eigenvalue weighted by atomic mass is 16.5. The third kappa shape index (κ3) is 7.45. The van der Waals surface area contributed by atoms with Crippen molar-refractivity contribution < 1.29 is 24.2 Å². The van der Waals surface area contributed by atoms with Crippen LogP contribution in [0.3, 0.4) is 0 Å². The molecule has 0 aliphatic carbocycles. The number of carboxylic acid groups (broad SMARTS) is 1. The number of para-hydroxylation sites is 1. The number of methoxy groups -OCH3 is 1. The summed E-state index contributed by atoms with van der Waals surface area (Å²) >= 11 is 0. The second kappa shape index (κ2) is 12.2. The Kier molecular flexibility index (Phi) is 9.08. The van der Waals surface area contributed by atoms with Gasteiger partial charge in [0.15, 0.2) is 0 Å². The first-order valence-corrected chi connectivity index (χ1v) is 11.8. The first kappa shape index (κ1) is 26.0. The van der Waals surface area contributed by atoms with Crippen LogP contribution in [0.2, 0.25) is 0 Å². The molecule has 9 nitrogen and oxygen atoms in total. The van der Waals surface area contributed by atoms with E-state index < -0.39 is 5.97 Å². The molecule has 0 spiro atoms. The molecule has 0 saturated carbocycles. The first-order valence-electron chi connectivity index (χ1n) is 11.8. The minimum atomic E-state index is -0.795. The predicted octanol–water partition coefficient (Wildman–Crippen LogP) is 4.01. The maximum Gasteiger partial charge on any atom is 0.323 e. The fourth-order valence-corrected chi connectivity index (χ4v) is 4.45. The Labute approximate surface area is 205 Å². The molecule has 188 valence electrons. The van der Waals surface area contributed by atoms with E-state index in [1.54, 1.807) is 6.07 Å². The summed E-state index contributed by atoms with van der Waals surface area (Å²) in [5.41, 5.74) is 3.09. The smallest absolute Gasteiger partial charge is 0.323 e. The van der Waals surface area contributed by atoms with E-state index in [9.17, 15) is 14.4 Å². The first-order chi connectivity index (χ1) is 16.8. The van der Waals surface area contributed by atoms with Crippen LogP contribution in [0.5, 0.6) is 5.75 Å². The van der Waals surface area contributed by atoms with Crippen LogP contribution in [0, 0.1) is 12.8 Å². The third-order valence-electron chi connectivity index (χ3n) is 6.33. The van der Waals surface area contributed by atoms with Crippen LogP contribution < -0.4 is 20.7 Å². The van der Waals surface area contributed by atoms with Gasteiger partial charge in [-0.3, -0.25) is 9.59 Å². The number of benzene rings is 2. The lowest BCUT2D eigenvalue weighted by Gasteiger charge is -2.36. The van der Waals surface area contributed by atoms with Crippen LogP contribution in [-0.4, -0.2) is 54.7 Å². The fraction of sp³-hybridized carbons (Fsp3) is 0.423. The molecule has 0 aromatic heterocycles. The molecule has 0 bridgehead atoms. The zero-order valence-electron chi connectivity index (χ0n) is 20.5. The van der Waals surface area contributed by atoms with Crippen molar-refractivity contribution in [2.24, 2.45) is 5.92 Å². The van der Waals surface area contributed by atoms with E-state index in [0.717, 1.165) is 42.7 Å². The number of rotatable bonds is 9. The molecule has 1 fully saturated rings. The highest BCUT2D eigenvalue weighted by molar-refractivity contribution is 6.01. The Bertz CT molecular complexity index is 1050. The highest BCUT2D eigenvalue weighted by Gasteiger charge is 2.29. The van der Waals surface area contributed by atoms with Crippen molar-refractivity contribution in [3.8, 4) is 5.75 Å². The van der Waals surface area contributed by atoms with E-state index in [1.807, 2.05) is 43.3 Å². The molecule has 9 heteroatoms. The summed E-state index contributed by atoms with van der Waals surface area (Å²) in [7, 11) is 1.54. The lowest BCUT2D eigenvalue weighted by atomic mass is 9.85. The zero-order chi connectivity index (χ0) is 25.4. The van der Waals surface area contributed by atoms with Crippen LogP contribution in [0.4, 0.5) is 16.2 Å². The van der Waals surface area contributed by atoms with Gasteiger partial charge in [0.2, 0.25) is 5.91 Å². The van der Waals surface area contributed by atoms with Crippen molar-refractivity contribution in [1.82, 2.24) is 10.2 Å². The number of carbonyl (C=O) groups excluding carboxylic acids is 2. The quantitative estimate of drug-likeness (QED) is 0.429. The van der Waals surface area contributed by atoms with Gasteiger partial charge in [-0.2, -0.15) is 0 Å². The SMILES string of the molecule is COc1cc(C(NC(C)=O)C2CCN(CCC(=O)O)CC2)ccc1NC(=O)Nc1ccccc1C. The van der Waals surface area contributed by atoms with Gasteiger partial charge in [0.05, 0.1) is 25.3 Å². The average molecular weight is 483 g/mol. The Morgan fingerprint density at radius 2 is 1.77 bits per heavy atom. The predicted molar refractivity (Wildman–Crippen MR) is 135 cm³/mol. The molecule has 4 N–H and O–H groups in total. The Morgan fingerprint density at radius 1 is 1.09 bits per heavy atom. The van der Waals surface area contributed by atoms with Crippen molar-refractivity contribution in [2.45, 2.75) is 39.2 Å². The summed E-state index contributed by atoms with van der Waals surface area (Å²) < 4.78 is 5.56. The van der Waals surface area contributed by atoms with E-state index in [2.05, 4.69) is 20.9 Å². The number of aryl methyl sites for hydroxylation is 1. The molecule has 3 amide bonds. The monoisotopic (exact) mass is 482 g/mol. The summed E-state index contributed by atoms with van der Waals surface area (Å²) in [6, 6.07) is 12.5. The Hall–Kier alpha value is -3.59. The minimum absolute atomic E-state index is 0.123. The van der Waals surface area contributed by atoms with E-state index in [-0.39, 0.29) is 30.3 Å². The van der Waals surface area contributed by atoms with Crippen LogP contribution in [0.1, 0.15) is 43.4 Å². The molecule has 1 heterocycles. The molecular weight excluding hydrogens is 448 g/mol. The van der Waals surface area contributed by atoms with Crippen molar-refractivity contribution in [1.29, 1.82) is 0 Å². The number of hydrogen-bond donors (Lipinski definition) is 4. The van der Waals surface area contributed by atoms with Crippen molar-refractivity contribution in [3.05, 3.63) is 53.6 Å². The molecule has 1 aliphatic heterocycles. The van der Waals surface area contributed by atoms with Gasteiger partial charge in [-0.05, 0) is 68.1 Å². The molecule has 1 atom stereocenters. The topological polar surface area (TPSA) is 120 Å². The maximum atomic E-state index is 12.6. The summed E-state index contributed by atoms with van der Waals surface area (Å²) in [6.45, 7) is 5.52. The molecule has 1 saturated heterocycles. The second-order valence-corrected chi connectivity index (χ2v) is 8.85. The van der Waals surface area contributed by atoms with Gasteiger partial charge in [0, 0.05) is 19.2 Å². The number of amides is 3. The van der Waals surface area contributed by atoms with Crippen LogP contribution in [0.15, 0.2) is 42.5 Å². The summed E-state index contributed by atoms with van der Waals surface area (Å²) in [6.07, 6.45) is 1.81. The number of carbonyl (C=O) groups is 3. The number of aliphatic carboxylic acids is 1. The summed E-state index contributed by atoms with van der Waals surface area (Å²) in [4.78, 5) is 37.6. The van der Waals surface area contributed by atoms with Crippen molar-refractivity contribution in [2.75, 3.05) is 37.4 Å². The van der Waals surface area contributed by atoms with Crippen molar-refractivity contribution in [3.63, 3.8) is 0 Å². The highest BCUT2D eigenvalue weighted by Crippen LogP contribution is 2.35. The van der Waals surface area contributed by atoms with E-state index >= 15 is 0 Å². The summed E-state index contributed by atoms with van der Waals surface area (Å²) in [5, 5.41) is 17.7. The molecule has 0 radical (unpaired) electrons. The standard InChI is InChI=1S/C26H34N4O5/c1-17-6-4-5-7-21(17)28-26(34)29-22-9-8-20(16-23(22)35-3)25(27-18(2)31)19-10-13-30(14-11-19)15-12-24(32)33/h4-9,16,19,25H,10-15H2,1-3H3,(H,27,31)(H,32,33)(H2,28,29,34). The molecule has 35 heavy (non-hydrogen) atoms. The average Bonchev–Trinajstić information content (AvgIpc) is 2.83. The lowest BCUT2D eigenvalue weighted by molar-refractivity contribution is -0.137. The number of ether oxygens (including phenoxy) is 1. The maximum absolute atomic E-state index is 12.6. The molecule has 2 aromatic carbocycles. The van der Waals surface area contributed by atoms with Crippen LogP contribution in [-0.2, 0) is 9.59 Å². The number of likely N-dealkylation sites (tertiary alicyclic amines) is 1. The fourth-order valence-electron chi connectivity index (χ4n) is 4.45. The van der Waals surface area contributed by atoms with E-state index in [1.165, 1.54) is 14.0 Å². The van der Waals surface area contributed by atoms with Gasteiger partial charge >= 0.3 is 12.0 Å². The van der Waals surface area contributed by atoms with Crippen LogP contribution >= 0.6 is 0 Å². The van der Waals surface area contributed by atoms with Crippen LogP contribution in [0.25, 0.3) is 0 Å². The molecule has 2 aromatic rings. The normalized spacial score (nSPS) is 15.2. The number of piperidine rings is 1. The molecule has 1 unspecified atom stereocenters. The zero-order valence-corrected chi connectivity index (χ0v) is 20.5. The van der Waals surface area contributed by atoms with Gasteiger partial charge in [-0.15, -0.1) is 0 Å².